The molecule has 6 heteroatoms. The summed E-state index contributed by atoms with van der Waals surface area (Å²) in [6, 6.07) is 21.7. The number of rotatable bonds is 7. The maximum atomic E-state index is 12.4. The molecular weight excluding hydrogens is 362 g/mol. The molecule has 0 unspecified atom stereocenters. The van der Waals surface area contributed by atoms with Crippen molar-refractivity contribution in [2.45, 2.75) is 19.3 Å². The second-order valence-electron chi connectivity index (χ2n) is 7.16. The van der Waals surface area contributed by atoms with Gasteiger partial charge in [-0.2, -0.15) is 0 Å². The largest absolute Gasteiger partial charge is 0.372 e. The highest BCUT2D eigenvalue weighted by atomic mass is 16.1. The third kappa shape index (κ3) is 5.10. The van der Waals surface area contributed by atoms with Crippen molar-refractivity contribution in [3.05, 3.63) is 78.0 Å². The SMILES string of the molecule is O=C(Nc1ccc(N2CCCC2)cc1)c1ccc(NCCc2ccccc2)nn1. The van der Waals surface area contributed by atoms with Gasteiger partial charge in [0.1, 0.15) is 5.82 Å². The highest BCUT2D eigenvalue weighted by Crippen LogP contribution is 2.22. The van der Waals surface area contributed by atoms with Crippen LogP contribution in [0, 0.1) is 0 Å². The van der Waals surface area contributed by atoms with Crippen LogP contribution in [-0.2, 0) is 6.42 Å². The van der Waals surface area contributed by atoms with Gasteiger partial charge < -0.3 is 15.5 Å². The Morgan fingerprint density at radius 3 is 2.34 bits per heavy atom. The number of aromatic nitrogens is 2. The molecule has 0 aliphatic carbocycles. The summed E-state index contributed by atoms with van der Waals surface area (Å²) in [6.45, 7) is 2.97. The van der Waals surface area contributed by atoms with E-state index in [-0.39, 0.29) is 5.91 Å². The first-order chi connectivity index (χ1) is 14.3. The van der Waals surface area contributed by atoms with E-state index in [0.29, 0.717) is 11.5 Å². The molecule has 0 saturated carbocycles. The Morgan fingerprint density at radius 2 is 1.66 bits per heavy atom. The molecule has 1 amide bonds. The highest BCUT2D eigenvalue weighted by molar-refractivity contribution is 6.02. The number of nitrogens with zero attached hydrogens (tertiary/aromatic N) is 3. The van der Waals surface area contributed by atoms with E-state index >= 15 is 0 Å². The molecule has 2 N–H and O–H groups in total. The van der Waals surface area contributed by atoms with Crippen LogP contribution in [0.3, 0.4) is 0 Å². The van der Waals surface area contributed by atoms with Gasteiger partial charge >= 0.3 is 0 Å². The van der Waals surface area contributed by atoms with Gasteiger partial charge in [-0.3, -0.25) is 4.79 Å². The molecule has 148 valence electrons. The Kier molecular flexibility index (Phi) is 6.00. The van der Waals surface area contributed by atoms with Crippen LogP contribution in [0.5, 0.6) is 0 Å². The van der Waals surface area contributed by atoms with Crippen LogP contribution < -0.4 is 15.5 Å². The monoisotopic (exact) mass is 387 g/mol. The van der Waals surface area contributed by atoms with E-state index in [0.717, 1.165) is 31.7 Å². The van der Waals surface area contributed by atoms with E-state index in [1.54, 1.807) is 12.1 Å². The van der Waals surface area contributed by atoms with Crippen LogP contribution in [0.4, 0.5) is 17.2 Å². The first kappa shape index (κ1) is 18.9. The van der Waals surface area contributed by atoms with E-state index < -0.39 is 0 Å². The zero-order valence-electron chi connectivity index (χ0n) is 16.3. The van der Waals surface area contributed by atoms with Crippen LogP contribution in [0.1, 0.15) is 28.9 Å². The fourth-order valence-electron chi connectivity index (χ4n) is 3.45. The van der Waals surface area contributed by atoms with Gasteiger partial charge in [-0.05, 0) is 61.2 Å². The van der Waals surface area contributed by atoms with Crippen molar-refractivity contribution in [1.82, 2.24) is 10.2 Å². The van der Waals surface area contributed by atoms with Gasteiger partial charge in [0.25, 0.3) is 5.91 Å². The molecule has 0 atom stereocenters. The quantitative estimate of drug-likeness (QED) is 0.642. The van der Waals surface area contributed by atoms with Gasteiger partial charge in [-0.1, -0.05) is 30.3 Å². The van der Waals surface area contributed by atoms with Crippen LogP contribution in [0.25, 0.3) is 0 Å². The molecule has 2 aromatic carbocycles. The molecule has 0 radical (unpaired) electrons. The Morgan fingerprint density at radius 1 is 0.897 bits per heavy atom. The van der Waals surface area contributed by atoms with Crippen LogP contribution in [-0.4, -0.2) is 35.7 Å². The molecule has 0 spiro atoms. The van der Waals surface area contributed by atoms with Crippen LogP contribution in [0.2, 0.25) is 0 Å². The average Bonchev–Trinajstić information content (AvgIpc) is 3.30. The summed E-state index contributed by atoms with van der Waals surface area (Å²) in [7, 11) is 0. The number of hydrogen-bond acceptors (Lipinski definition) is 5. The molecule has 1 saturated heterocycles. The van der Waals surface area contributed by atoms with E-state index in [1.165, 1.54) is 24.1 Å². The molecule has 1 aromatic heterocycles. The van der Waals surface area contributed by atoms with Gasteiger partial charge in [0.05, 0.1) is 0 Å². The topological polar surface area (TPSA) is 70.2 Å². The Hall–Kier alpha value is -3.41. The molecule has 0 bridgehead atoms. The van der Waals surface area contributed by atoms with Crippen LogP contribution in [0.15, 0.2) is 66.7 Å². The maximum absolute atomic E-state index is 12.4. The van der Waals surface area contributed by atoms with Gasteiger partial charge in [-0.25, -0.2) is 0 Å². The lowest BCUT2D eigenvalue weighted by atomic mass is 10.1. The van der Waals surface area contributed by atoms with Gasteiger partial charge in [0.2, 0.25) is 0 Å². The lowest BCUT2D eigenvalue weighted by Gasteiger charge is -2.17. The number of carbonyl (C=O) groups is 1. The van der Waals surface area contributed by atoms with Crippen molar-refractivity contribution < 1.29 is 4.79 Å². The summed E-state index contributed by atoms with van der Waals surface area (Å²) in [5.41, 5.74) is 3.51. The molecule has 1 fully saturated rings. The zero-order chi connectivity index (χ0) is 19.9. The van der Waals surface area contributed by atoms with Crippen molar-refractivity contribution in [3.8, 4) is 0 Å². The Balaban J connectivity index is 1.28. The average molecular weight is 387 g/mol. The number of nitrogens with one attached hydrogen (secondary N) is 2. The molecule has 3 aromatic rings. The van der Waals surface area contributed by atoms with Gasteiger partial charge in [0, 0.05) is 31.0 Å². The number of amides is 1. The summed E-state index contributed by atoms with van der Waals surface area (Å²) in [6.07, 6.45) is 3.39. The molecule has 2 heterocycles. The summed E-state index contributed by atoms with van der Waals surface area (Å²) in [5.74, 6) is 0.398. The summed E-state index contributed by atoms with van der Waals surface area (Å²) >= 11 is 0. The number of benzene rings is 2. The molecule has 4 rings (SSSR count). The van der Waals surface area contributed by atoms with Crippen LogP contribution >= 0.6 is 0 Å². The Bertz CT molecular complexity index is 920. The number of anilines is 3. The number of carbonyl (C=O) groups excluding carboxylic acids is 1. The maximum Gasteiger partial charge on any atom is 0.276 e. The van der Waals surface area contributed by atoms with Crippen molar-refractivity contribution in [2.75, 3.05) is 35.2 Å². The van der Waals surface area contributed by atoms with E-state index in [4.69, 9.17) is 0 Å². The lowest BCUT2D eigenvalue weighted by molar-refractivity contribution is 0.102. The predicted octanol–water partition coefficient (Wildman–Crippen LogP) is 3.98. The minimum Gasteiger partial charge on any atom is -0.372 e. The third-order valence-electron chi connectivity index (χ3n) is 5.06. The minimum absolute atomic E-state index is 0.262. The minimum atomic E-state index is -0.262. The summed E-state index contributed by atoms with van der Waals surface area (Å²) in [5, 5.41) is 14.3. The van der Waals surface area contributed by atoms with Gasteiger partial charge in [0.15, 0.2) is 5.69 Å². The summed E-state index contributed by atoms with van der Waals surface area (Å²) in [4.78, 5) is 14.8. The van der Waals surface area contributed by atoms with E-state index in [1.807, 2.05) is 42.5 Å². The lowest BCUT2D eigenvalue weighted by Crippen LogP contribution is -2.18. The Labute approximate surface area is 171 Å². The first-order valence-electron chi connectivity index (χ1n) is 10.1. The van der Waals surface area contributed by atoms with E-state index in [9.17, 15) is 4.79 Å². The zero-order valence-corrected chi connectivity index (χ0v) is 16.3. The first-order valence-corrected chi connectivity index (χ1v) is 10.1. The summed E-state index contributed by atoms with van der Waals surface area (Å²) < 4.78 is 0. The van der Waals surface area contributed by atoms with Crippen molar-refractivity contribution in [3.63, 3.8) is 0 Å². The predicted molar refractivity (Wildman–Crippen MR) is 117 cm³/mol. The fraction of sp³-hybridized carbons (Fsp3) is 0.261. The standard InChI is InChI=1S/C23H25N5O/c29-23(25-19-8-10-20(11-9-19)28-16-4-5-17-28)21-12-13-22(27-26-21)24-15-14-18-6-2-1-3-7-18/h1-3,6-13H,4-5,14-17H2,(H,24,27)(H,25,29). The third-order valence-corrected chi connectivity index (χ3v) is 5.06. The second-order valence-corrected chi connectivity index (χ2v) is 7.16. The number of hydrogen-bond donors (Lipinski definition) is 2. The van der Waals surface area contributed by atoms with Crippen molar-refractivity contribution in [1.29, 1.82) is 0 Å². The normalized spacial score (nSPS) is 13.3. The fourth-order valence-corrected chi connectivity index (χ4v) is 3.45. The highest BCUT2D eigenvalue weighted by Gasteiger charge is 2.13. The van der Waals surface area contributed by atoms with Gasteiger partial charge in [-0.15, -0.1) is 10.2 Å². The molecule has 1 aliphatic rings. The molecule has 6 nitrogen and oxygen atoms in total. The molecule has 29 heavy (non-hydrogen) atoms. The molecular formula is C23H25N5O. The molecule has 1 aliphatic heterocycles. The van der Waals surface area contributed by atoms with E-state index in [2.05, 4.69) is 37.9 Å². The van der Waals surface area contributed by atoms with Crippen molar-refractivity contribution >= 4 is 23.1 Å². The smallest absolute Gasteiger partial charge is 0.276 e. The van der Waals surface area contributed by atoms with Crippen molar-refractivity contribution in [2.24, 2.45) is 0 Å². The second kappa shape index (κ2) is 9.19.